The number of primary amides is 1. The summed E-state index contributed by atoms with van der Waals surface area (Å²) in [7, 11) is 0. The Morgan fingerprint density at radius 3 is 2.40 bits per heavy atom. The molecule has 1 saturated carbocycles. The third kappa shape index (κ3) is 5.96. The normalized spacial score (nSPS) is 19.4. The van der Waals surface area contributed by atoms with Crippen LogP contribution in [0.5, 0.6) is 5.88 Å². The highest BCUT2D eigenvalue weighted by Gasteiger charge is 2.35. The maximum atomic E-state index is 14.5. The number of carbonyl (C=O) groups excluding carboxylic acids is 1. The number of pyridine rings is 1. The van der Waals surface area contributed by atoms with Crippen molar-refractivity contribution in [1.82, 2.24) is 9.88 Å². The van der Waals surface area contributed by atoms with Gasteiger partial charge in [0.15, 0.2) is 11.6 Å². The van der Waals surface area contributed by atoms with Crippen molar-refractivity contribution in [2.75, 3.05) is 11.9 Å². The number of carboxylic acid groups (broad SMARTS) is 1. The Balaban J connectivity index is 2.11. The van der Waals surface area contributed by atoms with Gasteiger partial charge in [0.1, 0.15) is 5.56 Å². The molecule has 2 rings (SSSR count). The lowest BCUT2D eigenvalue weighted by molar-refractivity contribution is 0.0556. The number of aromatic nitrogens is 1. The van der Waals surface area contributed by atoms with Crippen molar-refractivity contribution in [3.05, 3.63) is 17.4 Å². The maximum absolute atomic E-state index is 14.5. The highest BCUT2D eigenvalue weighted by molar-refractivity contribution is 5.95. The summed E-state index contributed by atoms with van der Waals surface area (Å²) in [6.07, 6.45) is 1.75. The predicted octanol–water partition coefficient (Wildman–Crippen LogP) is 3.86. The van der Waals surface area contributed by atoms with Crippen LogP contribution in [-0.2, 0) is 0 Å². The summed E-state index contributed by atoms with van der Waals surface area (Å²) in [6.45, 7) is 9.85. The first-order valence-corrected chi connectivity index (χ1v) is 10.3. The Morgan fingerprint density at radius 2 is 1.93 bits per heavy atom. The van der Waals surface area contributed by atoms with Crippen LogP contribution in [0.15, 0.2) is 6.07 Å². The molecule has 1 aliphatic rings. The molecule has 30 heavy (non-hydrogen) atoms. The first kappa shape index (κ1) is 23.7. The van der Waals surface area contributed by atoms with E-state index in [0.717, 1.165) is 6.07 Å². The van der Waals surface area contributed by atoms with Crippen LogP contribution in [0.3, 0.4) is 0 Å². The van der Waals surface area contributed by atoms with Gasteiger partial charge in [-0.1, -0.05) is 13.8 Å². The van der Waals surface area contributed by atoms with E-state index in [-0.39, 0.29) is 35.3 Å². The maximum Gasteiger partial charge on any atom is 0.407 e. The zero-order chi connectivity index (χ0) is 22.6. The van der Waals surface area contributed by atoms with Gasteiger partial charge < -0.3 is 25.8 Å². The third-order valence-corrected chi connectivity index (χ3v) is 5.09. The van der Waals surface area contributed by atoms with Gasteiger partial charge >= 0.3 is 6.09 Å². The number of halogens is 1. The minimum absolute atomic E-state index is 0.00752. The Hall–Kier alpha value is -2.58. The number of hydrogen-bond acceptors (Lipinski definition) is 5. The quantitative estimate of drug-likeness (QED) is 0.612. The van der Waals surface area contributed by atoms with Gasteiger partial charge in [0.2, 0.25) is 5.88 Å². The van der Waals surface area contributed by atoms with Crippen molar-refractivity contribution in [1.29, 1.82) is 0 Å². The van der Waals surface area contributed by atoms with Crippen molar-refractivity contribution < 1.29 is 23.8 Å². The van der Waals surface area contributed by atoms with Gasteiger partial charge in [-0.3, -0.25) is 4.79 Å². The number of amides is 2. The topological polar surface area (TPSA) is 118 Å². The molecule has 1 aliphatic carbocycles. The molecule has 0 saturated heterocycles. The number of carbonyl (C=O) groups is 2. The molecule has 1 aromatic heterocycles. The third-order valence-electron chi connectivity index (χ3n) is 5.09. The molecule has 0 radical (unpaired) electrons. The first-order valence-electron chi connectivity index (χ1n) is 10.3. The second kappa shape index (κ2) is 9.49. The fraction of sp³-hybridized carbons (Fsp3) is 0.667. The predicted molar refractivity (Wildman–Crippen MR) is 112 cm³/mol. The molecule has 0 bridgehead atoms. The molecule has 8 nitrogen and oxygen atoms in total. The summed E-state index contributed by atoms with van der Waals surface area (Å²) in [6, 6.07) is 0.904. The van der Waals surface area contributed by atoms with Gasteiger partial charge in [0.25, 0.3) is 5.91 Å². The van der Waals surface area contributed by atoms with Crippen LogP contribution >= 0.6 is 0 Å². The van der Waals surface area contributed by atoms with Crippen molar-refractivity contribution in [2.24, 2.45) is 11.7 Å². The summed E-state index contributed by atoms with van der Waals surface area (Å²) in [5, 5.41) is 12.7. The Bertz CT molecular complexity index is 771. The van der Waals surface area contributed by atoms with Gasteiger partial charge in [-0.25, -0.2) is 9.18 Å². The van der Waals surface area contributed by atoms with Gasteiger partial charge in [0, 0.05) is 17.6 Å². The number of nitrogens with one attached hydrogen (secondary N) is 1. The molecule has 0 atom stereocenters. The molecule has 1 aromatic rings. The summed E-state index contributed by atoms with van der Waals surface area (Å²) in [4.78, 5) is 29.0. The van der Waals surface area contributed by atoms with Crippen LogP contribution in [0, 0.1) is 11.7 Å². The fourth-order valence-electron chi connectivity index (χ4n) is 3.77. The Kier molecular flexibility index (Phi) is 7.49. The number of ether oxygens (including phenoxy) is 1. The largest absolute Gasteiger partial charge is 0.477 e. The molecule has 4 N–H and O–H groups in total. The van der Waals surface area contributed by atoms with E-state index in [2.05, 4.69) is 10.3 Å². The van der Waals surface area contributed by atoms with E-state index < -0.39 is 23.4 Å². The Morgan fingerprint density at radius 1 is 1.33 bits per heavy atom. The molecule has 1 heterocycles. The second-order valence-corrected chi connectivity index (χ2v) is 9.21. The minimum atomic E-state index is -0.930. The summed E-state index contributed by atoms with van der Waals surface area (Å²) in [5.74, 6) is -1.26. The smallest absolute Gasteiger partial charge is 0.407 e. The first-order chi connectivity index (χ1) is 13.9. The molecular weight excluding hydrogens is 391 g/mol. The number of hydrogen-bond donors (Lipinski definition) is 3. The van der Waals surface area contributed by atoms with Crippen LogP contribution in [0.25, 0.3) is 0 Å². The van der Waals surface area contributed by atoms with Crippen LogP contribution < -0.4 is 15.8 Å². The van der Waals surface area contributed by atoms with Crippen LogP contribution in [0.1, 0.15) is 70.7 Å². The molecule has 2 amide bonds. The van der Waals surface area contributed by atoms with E-state index >= 15 is 0 Å². The van der Waals surface area contributed by atoms with E-state index in [4.69, 9.17) is 10.5 Å². The summed E-state index contributed by atoms with van der Waals surface area (Å²) in [5.41, 5.74) is 4.75. The molecule has 9 heteroatoms. The minimum Gasteiger partial charge on any atom is -0.477 e. The molecule has 1 fully saturated rings. The van der Waals surface area contributed by atoms with E-state index in [9.17, 15) is 19.1 Å². The zero-order valence-electron chi connectivity index (χ0n) is 18.4. The highest BCUT2D eigenvalue weighted by atomic mass is 19.1. The second-order valence-electron chi connectivity index (χ2n) is 9.21. The van der Waals surface area contributed by atoms with Gasteiger partial charge in [-0.2, -0.15) is 4.98 Å². The average Bonchev–Trinajstić information content (AvgIpc) is 2.61. The lowest BCUT2D eigenvalue weighted by Crippen LogP contribution is -2.52. The Labute approximate surface area is 177 Å². The molecule has 168 valence electrons. The lowest BCUT2D eigenvalue weighted by Gasteiger charge is -2.42. The molecule has 0 aromatic carbocycles. The number of nitrogens with zero attached hydrogens (tertiary/aromatic N) is 2. The van der Waals surface area contributed by atoms with Gasteiger partial charge in [-0.05, 0) is 58.4 Å². The van der Waals surface area contributed by atoms with Gasteiger partial charge in [0.05, 0.1) is 6.61 Å². The number of nitrogens with two attached hydrogens (primary N) is 1. The van der Waals surface area contributed by atoms with Crippen LogP contribution in [0.4, 0.5) is 15.0 Å². The molecule has 0 unspecified atom stereocenters. The van der Waals surface area contributed by atoms with E-state index in [1.807, 2.05) is 34.6 Å². The van der Waals surface area contributed by atoms with E-state index in [1.54, 1.807) is 0 Å². The van der Waals surface area contributed by atoms with E-state index in [1.165, 1.54) is 4.90 Å². The fourth-order valence-corrected chi connectivity index (χ4v) is 3.77. The number of anilines is 1. The average molecular weight is 425 g/mol. The summed E-state index contributed by atoms with van der Waals surface area (Å²) < 4.78 is 20.1. The monoisotopic (exact) mass is 424 g/mol. The molecular formula is C21H33FN4O4. The highest BCUT2D eigenvalue weighted by Crippen LogP contribution is 2.31. The standard InChI is InChI=1S/C21H33FN4O4/c1-12(2)11-30-19-15(17(23)27)10-16(22)18(25-19)24-13-6-8-14(9-7-13)26(20(28)29)21(3,4)5/h10,12-14H,6-9,11H2,1-5H3,(H2,23,27)(H,24,25)(H,28,29). The lowest BCUT2D eigenvalue weighted by atomic mass is 9.88. The zero-order valence-corrected chi connectivity index (χ0v) is 18.4. The van der Waals surface area contributed by atoms with Crippen molar-refractivity contribution in [3.8, 4) is 5.88 Å². The van der Waals surface area contributed by atoms with Crippen LogP contribution in [-0.4, -0.2) is 51.2 Å². The number of rotatable bonds is 7. The SMILES string of the molecule is CC(C)COc1nc(NC2CCC(N(C(=O)O)C(C)(C)C)CC2)c(F)cc1C(N)=O. The van der Waals surface area contributed by atoms with Crippen LogP contribution in [0.2, 0.25) is 0 Å². The van der Waals surface area contributed by atoms with Gasteiger partial charge in [-0.15, -0.1) is 0 Å². The van der Waals surface area contributed by atoms with Crippen molar-refractivity contribution in [2.45, 2.75) is 77.9 Å². The molecule has 0 aliphatic heterocycles. The van der Waals surface area contributed by atoms with E-state index in [0.29, 0.717) is 32.3 Å². The van der Waals surface area contributed by atoms with Crippen molar-refractivity contribution in [3.63, 3.8) is 0 Å². The summed E-state index contributed by atoms with van der Waals surface area (Å²) >= 11 is 0. The van der Waals surface area contributed by atoms with Crippen molar-refractivity contribution >= 4 is 17.8 Å². The molecule has 0 spiro atoms.